The minimum atomic E-state index is -0.00796. The highest BCUT2D eigenvalue weighted by atomic mass is 16.2. The second-order valence-electron chi connectivity index (χ2n) is 4.42. The van der Waals surface area contributed by atoms with Crippen molar-refractivity contribution in [2.75, 3.05) is 13.1 Å². The maximum absolute atomic E-state index is 11.2. The summed E-state index contributed by atoms with van der Waals surface area (Å²) in [5.41, 5.74) is 0. The molecule has 2 amide bonds. The molecule has 2 N–H and O–H groups in total. The smallest absolute Gasteiger partial charge is 0.314 e. The van der Waals surface area contributed by atoms with E-state index < -0.39 is 0 Å². The molecule has 0 spiro atoms. The monoisotopic (exact) mass is 198 g/mol. The first-order chi connectivity index (χ1) is 6.72. The van der Waals surface area contributed by atoms with Gasteiger partial charge in [0.15, 0.2) is 0 Å². The van der Waals surface area contributed by atoms with E-state index in [1.807, 2.05) is 0 Å². The second-order valence-corrected chi connectivity index (χ2v) is 4.42. The Bertz CT molecular complexity index is 182. The molecular weight excluding hydrogens is 176 g/mol. The molecule has 3 heteroatoms. The molecule has 2 unspecified atom stereocenters. The van der Waals surface area contributed by atoms with Crippen molar-refractivity contribution in [3.8, 4) is 0 Å². The minimum absolute atomic E-state index is 0.00796. The van der Waals surface area contributed by atoms with Crippen LogP contribution < -0.4 is 10.6 Å². The molecule has 1 fully saturated rings. The summed E-state index contributed by atoms with van der Waals surface area (Å²) in [7, 11) is 0. The summed E-state index contributed by atoms with van der Waals surface area (Å²) >= 11 is 0. The average molecular weight is 198 g/mol. The van der Waals surface area contributed by atoms with Crippen molar-refractivity contribution in [3.05, 3.63) is 0 Å². The second kappa shape index (κ2) is 5.89. The van der Waals surface area contributed by atoms with Gasteiger partial charge in [-0.05, 0) is 31.1 Å². The summed E-state index contributed by atoms with van der Waals surface area (Å²) in [4.78, 5) is 11.2. The molecule has 82 valence electrons. The van der Waals surface area contributed by atoms with Crippen molar-refractivity contribution in [3.63, 3.8) is 0 Å². The van der Waals surface area contributed by atoms with Crippen LogP contribution in [0.4, 0.5) is 4.79 Å². The predicted molar refractivity (Wildman–Crippen MR) is 58.2 cm³/mol. The van der Waals surface area contributed by atoms with E-state index in [2.05, 4.69) is 24.5 Å². The van der Waals surface area contributed by atoms with Crippen LogP contribution >= 0.6 is 0 Å². The number of rotatable bonds is 4. The molecule has 3 nitrogen and oxygen atoms in total. The van der Waals surface area contributed by atoms with Crippen LogP contribution in [-0.2, 0) is 0 Å². The van der Waals surface area contributed by atoms with Crippen molar-refractivity contribution in [1.82, 2.24) is 10.6 Å². The third kappa shape index (κ3) is 3.99. The van der Waals surface area contributed by atoms with Crippen molar-refractivity contribution >= 4 is 6.03 Å². The number of hydrogen-bond acceptors (Lipinski definition) is 1. The lowest BCUT2D eigenvalue weighted by molar-refractivity contribution is 0.239. The van der Waals surface area contributed by atoms with E-state index >= 15 is 0 Å². The van der Waals surface area contributed by atoms with Gasteiger partial charge in [-0.2, -0.15) is 0 Å². The Morgan fingerprint density at radius 3 is 2.71 bits per heavy atom. The molecule has 1 rings (SSSR count). The van der Waals surface area contributed by atoms with Crippen LogP contribution in [0.15, 0.2) is 0 Å². The SMILES string of the molecule is CCCNC(=O)NCC1CCC(C)C1. The Balaban J connectivity index is 2.05. The Kier molecular flexibility index (Phi) is 4.77. The van der Waals surface area contributed by atoms with Gasteiger partial charge in [0.2, 0.25) is 0 Å². The quantitative estimate of drug-likeness (QED) is 0.714. The van der Waals surface area contributed by atoms with Crippen molar-refractivity contribution in [1.29, 1.82) is 0 Å². The fraction of sp³-hybridized carbons (Fsp3) is 0.909. The largest absolute Gasteiger partial charge is 0.338 e. The minimum Gasteiger partial charge on any atom is -0.338 e. The van der Waals surface area contributed by atoms with Gasteiger partial charge in [0.25, 0.3) is 0 Å². The molecule has 0 heterocycles. The van der Waals surface area contributed by atoms with Gasteiger partial charge in [-0.15, -0.1) is 0 Å². The lowest BCUT2D eigenvalue weighted by atomic mass is 10.1. The number of carbonyl (C=O) groups excluding carboxylic acids is 1. The van der Waals surface area contributed by atoms with Gasteiger partial charge < -0.3 is 10.6 Å². The zero-order valence-electron chi connectivity index (χ0n) is 9.31. The predicted octanol–water partition coefficient (Wildman–Crippen LogP) is 2.13. The van der Waals surface area contributed by atoms with Gasteiger partial charge in [-0.3, -0.25) is 0 Å². The third-order valence-electron chi connectivity index (χ3n) is 2.89. The number of carbonyl (C=O) groups is 1. The Labute approximate surface area is 86.6 Å². The highest BCUT2D eigenvalue weighted by molar-refractivity contribution is 5.73. The molecule has 1 saturated carbocycles. The summed E-state index contributed by atoms with van der Waals surface area (Å²) in [6.07, 6.45) is 4.86. The Morgan fingerprint density at radius 1 is 1.36 bits per heavy atom. The number of amides is 2. The highest BCUT2D eigenvalue weighted by Gasteiger charge is 2.21. The van der Waals surface area contributed by atoms with Crippen LogP contribution in [0.2, 0.25) is 0 Å². The number of nitrogens with one attached hydrogen (secondary N) is 2. The first-order valence-corrected chi connectivity index (χ1v) is 5.74. The van der Waals surface area contributed by atoms with E-state index in [0.717, 1.165) is 25.4 Å². The molecule has 14 heavy (non-hydrogen) atoms. The maximum atomic E-state index is 11.2. The van der Waals surface area contributed by atoms with Crippen LogP contribution in [0.3, 0.4) is 0 Å². The molecular formula is C11H22N2O. The van der Waals surface area contributed by atoms with E-state index in [1.54, 1.807) is 0 Å². The van der Waals surface area contributed by atoms with Crippen molar-refractivity contribution in [2.24, 2.45) is 11.8 Å². The first-order valence-electron chi connectivity index (χ1n) is 5.74. The van der Waals surface area contributed by atoms with Gasteiger partial charge >= 0.3 is 6.03 Å². The molecule has 0 aromatic rings. The van der Waals surface area contributed by atoms with E-state index in [9.17, 15) is 4.79 Å². The van der Waals surface area contributed by atoms with Crippen LogP contribution in [0.5, 0.6) is 0 Å². The van der Waals surface area contributed by atoms with Gasteiger partial charge in [0, 0.05) is 13.1 Å². The summed E-state index contributed by atoms with van der Waals surface area (Å²) in [6, 6.07) is -0.00796. The maximum Gasteiger partial charge on any atom is 0.314 e. The van der Waals surface area contributed by atoms with E-state index in [0.29, 0.717) is 5.92 Å². The van der Waals surface area contributed by atoms with Gasteiger partial charge in [0.1, 0.15) is 0 Å². The van der Waals surface area contributed by atoms with Crippen molar-refractivity contribution in [2.45, 2.75) is 39.5 Å². The highest BCUT2D eigenvalue weighted by Crippen LogP contribution is 2.29. The fourth-order valence-corrected chi connectivity index (χ4v) is 2.05. The summed E-state index contributed by atoms with van der Waals surface area (Å²) in [6.45, 7) is 5.96. The average Bonchev–Trinajstić information content (AvgIpc) is 2.58. The molecule has 0 radical (unpaired) electrons. The first kappa shape index (κ1) is 11.3. The summed E-state index contributed by atoms with van der Waals surface area (Å²) in [5.74, 6) is 1.55. The molecule has 1 aliphatic rings. The van der Waals surface area contributed by atoms with Crippen LogP contribution in [0.1, 0.15) is 39.5 Å². The molecule has 0 aromatic carbocycles. The van der Waals surface area contributed by atoms with Gasteiger partial charge in [0.05, 0.1) is 0 Å². The zero-order valence-corrected chi connectivity index (χ0v) is 9.31. The summed E-state index contributed by atoms with van der Waals surface area (Å²) in [5, 5.41) is 5.75. The zero-order chi connectivity index (χ0) is 10.4. The van der Waals surface area contributed by atoms with Gasteiger partial charge in [-0.1, -0.05) is 20.3 Å². The van der Waals surface area contributed by atoms with Crippen molar-refractivity contribution < 1.29 is 4.79 Å². The molecule has 0 aliphatic heterocycles. The van der Waals surface area contributed by atoms with Crippen LogP contribution in [-0.4, -0.2) is 19.1 Å². The molecule has 0 saturated heterocycles. The third-order valence-corrected chi connectivity index (χ3v) is 2.89. The van der Waals surface area contributed by atoms with Gasteiger partial charge in [-0.25, -0.2) is 4.79 Å². The van der Waals surface area contributed by atoms with E-state index in [1.165, 1.54) is 19.3 Å². The van der Waals surface area contributed by atoms with Crippen LogP contribution in [0.25, 0.3) is 0 Å². The lowest BCUT2D eigenvalue weighted by Gasteiger charge is -2.11. The fourth-order valence-electron chi connectivity index (χ4n) is 2.05. The molecule has 0 aromatic heterocycles. The number of hydrogen-bond donors (Lipinski definition) is 2. The number of urea groups is 1. The molecule has 1 aliphatic carbocycles. The van der Waals surface area contributed by atoms with E-state index in [4.69, 9.17) is 0 Å². The Morgan fingerprint density at radius 2 is 2.14 bits per heavy atom. The normalized spacial score (nSPS) is 26.1. The lowest BCUT2D eigenvalue weighted by Crippen LogP contribution is -2.38. The molecule has 2 atom stereocenters. The summed E-state index contributed by atoms with van der Waals surface area (Å²) < 4.78 is 0. The molecule has 0 bridgehead atoms. The Hall–Kier alpha value is -0.730. The van der Waals surface area contributed by atoms with Crippen LogP contribution in [0, 0.1) is 11.8 Å². The topological polar surface area (TPSA) is 41.1 Å². The van der Waals surface area contributed by atoms with E-state index in [-0.39, 0.29) is 6.03 Å². The standard InChI is InChI=1S/C11H22N2O/c1-3-6-12-11(14)13-8-10-5-4-9(2)7-10/h9-10H,3-8H2,1-2H3,(H2,12,13,14).